The summed E-state index contributed by atoms with van der Waals surface area (Å²) in [5, 5.41) is 9.91. The third kappa shape index (κ3) is 3.95. The van der Waals surface area contributed by atoms with Gasteiger partial charge in [-0.15, -0.1) is 0 Å². The molecular formula is C16H25ClN2O. The summed E-state index contributed by atoms with van der Waals surface area (Å²) < 4.78 is 0. The average Bonchev–Trinajstić information content (AvgIpc) is 2.39. The van der Waals surface area contributed by atoms with Crippen LogP contribution in [-0.4, -0.2) is 35.7 Å². The molecule has 0 radical (unpaired) electrons. The minimum Gasteiger partial charge on any atom is -0.396 e. The summed E-state index contributed by atoms with van der Waals surface area (Å²) in [5.74, 6) is 0.578. The van der Waals surface area contributed by atoms with Crippen molar-refractivity contribution in [3.63, 3.8) is 0 Å². The Bertz CT molecular complexity index is 423. The van der Waals surface area contributed by atoms with Gasteiger partial charge in [-0.05, 0) is 56.3 Å². The predicted molar refractivity (Wildman–Crippen MR) is 83.8 cm³/mol. The van der Waals surface area contributed by atoms with E-state index in [9.17, 15) is 0 Å². The highest BCUT2D eigenvalue weighted by atomic mass is 35.5. The lowest BCUT2D eigenvalue weighted by atomic mass is 9.91. The number of likely N-dealkylation sites (tertiary alicyclic amines) is 1. The van der Waals surface area contributed by atoms with E-state index in [0.29, 0.717) is 5.92 Å². The maximum atomic E-state index is 9.15. The third-order valence-corrected chi connectivity index (χ3v) is 4.40. The molecule has 0 spiro atoms. The molecule has 0 aliphatic carbocycles. The van der Waals surface area contributed by atoms with Gasteiger partial charge in [-0.3, -0.25) is 4.90 Å². The summed E-state index contributed by atoms with van der Waals surface area (Å²) in [7, 11) is 0. The van der Waals surface area contributed by atoms with Crippen molar-refractivity contribution in [2.24, 2.45) is 11.7 Å². The molecule has 2 rings (SSSR count). The van der Waals surface area contributed by atoms with Gasteiger partial charge in [-0.1, -0.05) is 23.7 Å². The Hall–Kier alpha value is -0.610. The van der Waals surface area contributed by atoms with Crippen molar-refractivity contribution in [2.45, 2.75) is 38.3 Å². The van der Waals surface area contributed by atoms with Gasteiger partial charge >= 0.3 is 0 Å². The molecule has 1 saturated heterocycles. The van der Waals surface area contributed by atoms with E-state index < -0.39 is 0 Å². The first-order valence-corrected chi connectivity index (χ1v) is 7.85. The number of nitrogens with zero attached hydrogens (tertiary/aromatic N) is 1. The number of rotatable bonds is 5. The van der Waals surface area contributed by atoms with Crippen LogP contribution < -0.4 is 5.73 Å². The van der Waals surface area contributed by atoms with Crippen molar-refractivity contribution >= 4 is 11.6 Å². The number of halogens is 1. The fourth-order valence-electron chi connectivity index (χ4n) is 3.31. The molecule has 0 bridgehead atoms. The maximum Gasteiger partial charge on any atom is 0.0497 e. The first-order valence-electron chi connectivity index (χ1n) is 7.47. The molecule has 1 aromatic carbocycles. The van der Waals surface area contributed by atoms with Gasteiger partial charge in [0.05, 0.1) is 0 Å². The summed E-state index contributed by atoms with van der Waals surface area (Å²) in [6.45, 7) is 4.42. The van der Waals surface area contributed by atoms with E-state index in [2.05, 4.69) is 17.9 Å². The number of aliphatic hydroxyl groups excluding tert-OH is 1. The molecule has 0 aromatic heterocycles. The van der Waals surface area contributed by atoms with Crippen LogP contribution in [0.5, 0.6) is 0 Å². The Morgan fingerprint density at radius 1 is 1.50 bits per heavy atom. The van der Waals surface area contributed by atoms with Crippen molar-refractivity contribution in [1.29, 1.82) is 0 Å². The number of piperidine rings is 1. The molecule has 0 saturated carbocycles. The molecule has 3 atom stereocenters. The standard InChI is InChI=1S/C16H25ClN2O/c1-12(18)16(14-5-2-6-15(17)10-14)19-8-3-4-13(11-19)7-9-20/h2,5-6,10,12-13,16,20H,3-4,7-9,11,18H2,1H3. The van der Waals surface area contributed by atoms with Crippen LogP contribution in [0.1, 0.15) is 37.8 Å². The number of nitrogens with two attached hydrogens (primary N) is 1. The smallest absolute Gasteiger partial charge is 0.0497 e. The molecule has 1 aromatic rings. The second-order valence-corrected chi connectivity index (χ2v) is 6.31. The highest BCUT2D eigenvalue weighted by Gasteiger charge is 2.29. The van der Waals surface area contributed by atoms with Crippen LogP contribution in [0.3, 0.4) is 0 Å². The minimum atomic E-state index is 0.0568. The number of hydrogen-bond acceptors (Lipinski definition) is 3. The normalized spacial score (nSPS) is 23.5. The second-order valence-electron chi connectivity index (χ2n) is 5.87. The number of benzene rings is 1. The molecule has 1 aliphatic heterocycles. The van der Waals surface area contributed by atoms with Crippen LogP contribution in [0.15, 0.2) is 24.3 Å². The van der Waals surface area contributed by atoms with Gasteiger partial charge < -0.3 is 10.8 Å². The van der Waals surface area contributed by atoms with Crippen molar-refractivity contribution in [1.82, 2.24) is 4.90 Å². The quantitative estimate of drug-likeness (QED) is 0.878. The Kier molecular flexibility index (Phi) is 5.85. The fourth-order valence-corrected chi connectivity index (χ4v) is 3.50. The Balaban J connectivity index is 2.16. The summed E-state index contributed by atoms with van der Waals surface area (Å²) in [6.07, 6.45) is 3.27. The van der Waals surface area contributed by atoms with Gasteiger partial charge in [0.1, 0.15) is 0 Å². The highest BCUT2D eigenvalue weighted by molar-refractivity contribution is 6.30. The molecule has 0 amide bonds. The maximum absolute atomic E-state index is 9.15. The molecule has 1 aliphatic rings. The topological polar surface area (TPSA) is 49.5 Å². The Morgan fingerprint density at radius 3 is 2.95 bits per heavy atom. The van der Waals surface area contributed by atoms with Crippen molar-refractivity contribution in [2.75, 3.05) is 19.7 Å². The largest absolute Gasteiger partial charge is 0.396 e. The van der Waals surface area contributed by atoms with Gasteiger partial charge in [0.15, 0.2) is 0 Å². The Morgan fingerprint density at radius 2 is 2.30 bits per heavy atom. The van der Waals surface area contributed by atoms with Gasteiger partial charge in [0, 0.05) is 30.3 Å². The SMILES string of the molecule is CC(N)C(c1cccc(Cl)c1)N1CCCC(CCO)C1. The highest BCUT2D eigenvalue weighted by Crippen LogP contribution is 2.31. The molecule has 4 heteroatoms. The zero-order valence-electron chi connectivity index (χ0n) is 12.1. The van der Waals surface area contributed by atoms with Crippen molar-refractivity contribution < 1.29 is 5.11 Å². The number of hydrogen-bond donors (Lipinski definition) is 2. The van der Waals surface area contributed by atoms with E-state index in [1.165, 1.54) is 18.4 Å². The van der Waals surface area contributed by atoms with E-state index in [1.807, 2.05) is 18.2 Å². The third-order valence-electron chi connectivity index (χ3n) is 4.17. The van der Waals surface area contributed by atoms with Crippen LogP contribution in [0.2, 0.25) is 5.02 Å². The van der Waals surface area contributed by atoms with Gasteiger partial charge in [-0.2, -0.15) is 0 Å². The second kappa shape index (κ2) is 7.41. The van der Waals surface area contributed by atoms with Crippen LogP contribution in [-0.2, 0) is 0 Å². The zero-order chi connectivity index (χ0) is 14.5. The number of aliphatic hydroxyl groups is 1. The van der Waals surface area contributed by atoms with E-state index >= 15 is 0 Å². The summed E-state index contributed by atoms with van der Waals surface area (Å²) in [4.78, 5) is 2.46. The molecule has 3 N–H and O–H groups in total. The van der Waals surface area contributed by atoms with E-state index in [1.54, 1.807) is 0 Å². The predicted octanol–water partition coefficient (Wildman–Crippen LogP) is 2.82. The van der Waals surface area contributed by atoms with Gasteiger partial charge in [0.2, 0.25) is 0 Å². The lowest BCUT2D eigenvalue weighted by molar-refractivity contribution is 0.0967. The summed E-state index contributed by atoms with van der Waals surface area (Å²) in [6, 6.07) is 8.27. The van der Waals surface area contributed by atoms with Crippen molar-refractivity contribution in [3.8, 4) is 0 Å². The van der Waals surface area contributed by atoms with Crippen LogP contribution in [0.4, 0.5) is 0 Å². The van der Waals surface area contributed by atoms with Gasteiger partial charge in [0.25, 0.3) is 0 Å². The first kappa shape index (κ1) is 15.8. The molecular weight excluding hydrogens is 272 g/mol. The van der Waals surface area contributed by atoms with E-state index in [4.69, 9.17) is 22.4 Å². The van der Waals surface area contributed by atoms with Crippen LogP contribution in [0.25, 0.3) is 0 Å². The van der Waals surface area contributed by atoms with E-state index in [-0.39, 0.29) is 18.7 Å². The fraction of sp³-hybridized carbons (Fsp3) is 0.625. The summed E-state index contributed by atoms with van der Waals surface area (Å²) >= 11 is 6.12. The Labute approximate surface area is 126 Å². The molecule has 1 fully saturated rings. The molecule has 112 valence electrons. The van der Waals surface area contributed by atoms with Crippen LogP contribution >= 0.6 is 11.6 Å². The first-order chi connectivity index (χ1) is 9.61. The zero-order valence-corrected chi connectivity index (χ0v) is 12.9. The average molecular weight is 297 g/mol. The monoisotopic (exact) mass is 296 g/mol. The molecule has 1 heterocycles. The van der Waals surface area contributed by atoms with Gasteiger partial charge in [-0.25, -0.2) is 0 Å². The lowest BCUT2D eigenvalue weighted by Gasteiger charge is -2.40. The molecule has 20 heavy (non-hydrogen) atoms. The minimum absolute atomic E-state index is 0.0568. The van der Waals surface area contributed by atoms with Crippen LogP contribution in [0, 0.1) is 5.92 Å². The van der Waals surface area contributed by atoms with Crippen molar-refractivity contribution in [3.05, 3.63) is 34.9 Å². The molecule has 3 unspecified atom stereocenters. The summed E-state index contributed by atoms with van der Waals surface area (Å²) in [5.41, 5.74) is 7.43. The van der Waals surface area contributed by atoms with E-state index in [0.717, 1.165) is 24.5 Å². The molecule has 3 nitrogen and oxygen atoms in total. The lowest BCUT2D eigenvalue weighted by Crippen LogP contribution is -2.44.